The molecular weight excluding hydrogens is 200 g/mol. The van der Waals surface area contributed by atoms with Crippen LogP contribution in [0.25, 0.3) is 0 Å². The maximum atomic E-state index is 5.85. The number of hydrogen-bond acceptors (Lipinski definition) is 3. The number of nitrogens with two attached hydrogens (primary N) is 1. The predicted molar refractivity (Wildman–Crippen MR) is 65.7 cm³/mol. The molecule has 0 unspecified atom stereocenters. The second-order valence-electron chi connectivity index (χ2n) is 4.51. The number of nitrogens with zero attached hydrogens (tertiary/aromatic N) is 1. The van der Waals surface area contributed by atoms with Crippen LogP contribution in [-0.4, -0.2) is 37.2 Å². The summed E-state index contributed by atoms with van der Waals surface area (Å²) in [5.74, 6) is 0.962. The van der Waals surface area contributed by atoms with Gasteiger partial charge in [-0.15, -0.1) is 0 Å². The maximum absolute atomic E-state index is 5.85. The van der Waals surface area contributed by atoms with Gasteiger partial charge < -0.3 is 10.5 Å². The van der Waals surface area contributed by atoms with Crippen LogP contribution >= 0.6 is 0 Å². The second kappa shape index (κ2) is 5.32. The second-order valence-corrected chi connectivity index (χ2v) is 4.51. The van der Waals surface area contributed by atoms with Crippen LogP contribution in [0.4, 0.5) is 0 Å². The smallest absolute Gasteiger partial charge is 0.119 e. The summed E-state index contributed by atoms with van der Waals surface area (Å²) in [4.78, 5) is 2.36. The first kappa shape index (κ1) is 11.4. The maximum Gasteiger partial charge on any atom is 0.119 e. The van der Waals surface area contributed by atoms with Crippen molar-refractivity contribution in [1.29, 1.82) is 0 Å². The fourth-order valence-electron chi connectivity index (χ4n) is 2.06. The Morgan fingerprint density at radius 1 is 1.50 bits per heavy atom. The Balaban J connectivity index is 1.72. The van der Waals surface area contributed by atoms with Gasteiger partial charge in [-0.25, -0.2) is 0 Å². The molecule has 2 N–H and O–H groups in total. The lowest BCUT2D eigenvalue weighted by molar-refractivity contribution is 0.236. The topological polar surface area (TPSA) is 38.5 Å². The molecule has 1 fully saturated rings. The van der Waals surface area contributed by atoms with E-state index in [9.17, 15) is 0 Å². The third-order valence-electron chi connectivity index (χ3n) is 2.97. The van der Waals surface area contributed by atoms with Crippen LogP contribution in [0.15, 0.2) is 24.3 Å². The average Bonchev–Trinajstić information content (AvgIpc) is 2.64. The van der Waals surface area contributed by atoms with E-state index >= 15 is 0 Å². The van der Waals surface area contributed by atoms with Crippen molar-refractivity contribution in [2.75, 3.05) is 26.2 Å². The van der Waals surface area contributed by atoms with Gasteiger partial charge in [0, 0.05) is 19.1 Å². The lowest BCUT2D eigenvalue weighted by Crippen LogP contribution is -2.29. The highest BCUT2D eigenvalue weighted by molar-refractivity contribution is 5.27. The zero-order valence-electron chi connectivity index (χ0n) is 9.86. The van der Waals surface area contributed by atoms with Crippen molar-refractivity contribution in [3.05, 3.63) is 29.8 Å². The summed E-state index contributed by atoms with van der Waals surface area (Å²) in [6, 6.07) is 8.53. The van der Waals surface area contributed by atoms with Crippen LogP contribution in [0.5, 0.6) is 5.75 Å². The van der Waals surface area contributed by atoms with Crippen LogP contribution in [0.3, 0.4) is 0 Å². The number of rotatable bonds is 4. The average molecular weight is 220 g/mol. The molecule has 1 aliphatic rings. The minimum atomic E-state index is 0.360. The summed E-state index contributed by atoms with van der Waals surface area (Å²) in [6.07, 6.45) is 1.12. The molecule has 3 nitrogen and oxygen atoms in total. The largest absolute Gasteiger partial charge is 0.492 e. The Kier molecular flexibility index (Phi) is 3.80. The minimum absolute atomic E-state index is 0.360. The summed E-state index contributed by atoms with van der Waals surface area (Å²) in [5, 5.41) is 0. The van der Waals surface area contributed by atoms with Crippen LogP contribution in [0.1, 0.15) is 12.0 Å². The standard InChI is InChI=1S/C13H20N2O/c1-11-3-2-4-13(9-11)16-8-7-15-6-5-12(14)10-15/h2-4,9,12H,5-8,10,14H2,1H3/t12-/m1/s1. The van der Waals surface area contributed by atoms with Crippen LogP contribution < -0.4 is 10.5 Å². The fourth-order valence-corrected chi connectivity index (χ4v) is 2.06. The molecule has 2 rings (SSSR count). The first-order valence-electron chi connectivity index (χ1n) is 5.91. The van der Waals surface area contributed by atoms with E-state index in [1.165, 1.54) is 5.56 Å². The lowest BCUT2D eigenvalue weighted by atomic mass is 10.2. The zero-order valence-corrected chi connectivity index (χ0v) is 9.86. The molecule has 3 heteroatoms. The molecule has 0 bridgehead atoms. The van der Waals surface area contributed by atoms with Crippen LogP contribution in [-0.2, 0) is 0 Å². The molecule has 1 atom stereocenters. The molecule has 0 amide bonds. The molecular formula is C13H20N2O. The monoisotopic (exact) mass is 220 g/mol. The van der Waals surface area contributed by atoms with E-state index in [2.05, 4.69) is 24.0 Å². The Bertz CT molecular complexity index is 340. The van der Waals surface area contributed by atoms with E-state index in [-0.39, 0.29) is 0 Å². The number of likely N-dealkylation sites (tertiary alicyclic amines) is 1. The Morgan fingerprint density at radius 2 is 2.38 bits per heavy atom. The summed E-state index contributed by atoms with van der Waals surface area (Å²) in [6.45, 7) is 5.92. The van der Waals surface area contributed by atoms with Crippen molar-refractivity contribution < 1.29 is 4.74 Å². The van der Waals surface area contributed by atoms with Gasteiger partial charge in [0.05, 0.1) is 0 Å². The molecule has 0 aliphatic carbocycles. The van der Waals surface area contributed by atoms with Gasteiger partial charge in [-0.3, -0.25) is 4.90 Å². The predicted octanol–water partition coefficient (Wildman–Crippen LogP) is 1.41. The lowest BCUT2D eigenvalue weighted by Gasteiger charge is -2.15. The molecule has 0 aromatic heterocycles. The van der Waals surface area contributed by atoms with Crippen molar-refractivity contribution in [3.63, 3.8) is 0 Å². The molecule has 1 saturated heterocycles. The highest BCUT2D eigenvalue weighted by Crippen LogP contribution is 2.12. The van der Waals surface area contributed by atoms with Gasteiger partial charge in [0.2, 0.25) is 0 Å². The quantitative estimate of drug-likeness (QED) is 0.833. The summed E-state index contributed by atoms with van der Waals surface area (Å²) in [5.41, 5.74) is 7.08. The van der Waals surface area contributed by atoms with Gasteiger partial charge >= 0.3 is 0 Å². The van der Waals surface area contributed by atoms with E-state index in [4.69, 9.17) is 10.5 Å². The molecule has 1 aliphatic heterocycles. The molecule has 88 valence electrons. The molecule has 0 saturated carbocycles. The SMILES string of the molecule is Cc1cccc(OCCN2CC[C@@H](N)C2)c1. The van der Waals surface area contributed by atoms with Gasteiger partial charge in [-0.1, -0.05) is 12.1 Å². The first-order chi connectivity index (χ1) is 7.74. The van der Waals surface area contributed by atoms with E-state index < -0.39 is 0 Å². The highest BCUT2D eigenvalue weighted by Gasteiger charge is 2.18. The number of aryl methyl sites for hydroxylation is 1. The summed E-state index contributed by atoms with van der Waals surface area (Å²) >= 11 is 0. The molecule has 0 spiro atoms. The number of ether oxygens (including phenoxy) is 1. The van der Waals surface area contributed by atoms with Crippen molar-refractivity contribution in [2.24, 2.45) is 5.73 Å². The molecule has 1 aromatic rings. The van der Waals surface area contributed by atoms with Crippen molar-refractivity contribution in [1.82, 2.24) is 4.90 Å². The molecule has 1 aromatic carbocycles. The van der Waals surface area contributed by atoms with Crippen LogP contribution in [0.2, 0.25) is 0 Å². The molecule has 1 heterocycles. The number of benzene rings is 1. The van der Waals surface area contributed by atoms with Crippen LogP contribution in [0, 0.1) is 6.92 Å². The normalized spacial score (nSPS) is 21.2. The zero-order chi connectivity index (χ0) is 11.4. The van der Waals surface area contributed by atoms with E-state index in [0.717, 1.165) is 38.4 Å². The van der Waals surface area contributed by atoms with E-state index in [1.807, 2.05) is 12.1 Å². The van der Waals surface area contributed by atoms with E-state index in [1.54, 1.807) is 0 Å². The Morgan fingerprint density at radius 3 is 3.06 bits per heavy atom. The van der Waals surface area contributed by atoms with Crippen molar-refractivity contribution in [2.45, 2.75) is 19.4 Å². The summed E-state index contributed by atoms with van der Waals surface area (Å²) in [7, 11) is 0. The van der Waals surface area contributed by atoms with E-state index in [0.29, 0.717) is 6.04 Å². The van der Waals surface area contributed by atoms with Gasteiger partial charge in [-0.05, 0) is 37.6 Å². The highest BCUT2D eigenvalue weighted by atomic mass is 16.5. The Labute approximate surface area is 97.2 Å². The molecule has 0 radical (unpaired) electrons. The third-order valence-corrected chi connectivity index (χ3v) is 2.97. The van der Waals surface area contributed by atoms with Gasteiger partial charge in [0.15, 0.2) is 0 Å². The fraction of sp³-hybridized carbons (Fsp3) is 0.538. The summed E-state index contributed by atoms with van der Waals surface area (Å²) < 4.78 is 5.70. The van der Waals surface area contributed by atoms with Crippen molar-refractivity contribution >= 4 is 0 Å². The van der Waals surface area contributed by atoms with Gasteiger partial charge in [0.1, 0.15) is 12.4 Å². The van der Waals surface area contributed by atoms with Crippen molar-refractivity contribution in [3.8, 4) is 5.75 Å². The first-order valence-corrected chi connectivity index (χ1v) is 5.91. The minimum Gasteiger partial charge on any atom is -0.492 e. The van der Waals surface area contributed by atoms with Gasteiger partial charge in [-0.2, -0.15) is 0 Å². The van der Waals surface area contributed by atoms with Gasteiger partial charge in [0.25, 0.3) is 0 Å². The third kappa shape index (κ3) is 3.22. The number of hydrogen-bond donors (Lipinski definition) is 1. The Hall–Kier alpha value is -1.06. The molecule has 16 heavy (non-hydrogen) atoms.